The predicted octanol–water partition coefficient (Wildman–Crippen LogP) is 5.77. The molecule has 2 heterocycles. The lowest BCUT2D eigenvalue weighted by Crippen LogP contribution is -2.29. The van der Waals surface area contributed by atoms with Gasteiger partial charge in [0.15, 0.2) is 0 Å². The average Bonchev–Trinajstić information content (AvgIpc) is 3.29. The number of benzene rings is 2. The fourth-order valence-corrected chi connectivity index (χ4v) is 4.33. The van der Waals surface area contributed by atoms with E-state index in [-0.39, 0.29) is 18.4 Å². The van der Waals surface area contributed by atoms with Crippen molar-refractivity contribution in [2.45, 2.75) is 38.7 Å². The van der Waals surface area contributed by atoms with Gasteiger partial charge in [0.2, 0.25) is 0 Å². The van der Waals surface area contributed by atoms with Gasteiger partial charge in [-0.25, -0.2) is 4.98 Å². The van der Waals surface area contributed by atoms with E-state index < -0.39 is 0 Å². The molecule has 0 saturated carbocycles. The number of para-hydroxylation sites is 1. The van der Waals surface area contributed by atoms with Gasteiger partial charge in [-0.15, -0.1) is 0 Å². The number of likely N-dealkylation sites (tertiary alicyclic amines) is 1. The van der Waals surface area contributed by atoms with Crippen LogP contribution in [0, 0.1) is 0 Å². The smallest absolute Gasteiger partial charge is 0.272 e. The Morgan fingerprint density at radius 3 is 2.75 bits per heavy atom. The SMILES string of the molecule is CC(C)c1ccccc1Oc1ccc([C@@H]2CCN(C(=O)c3ccc(Cl)cn3)C2)c(CO)c1. The minimum absolute atomic E-state index is 0.0818. The topological polar surface area (TPSA) is 62.7 Å². The second kappa shape index (κ2) is 9.72. The van der Waals surface area contributed by atoms with Crippen molar-refractivity contribution in [3.05, 3.63) is 88.2 Å². The maximum absolute atomic E-state index is 12.8. The quantitative estimate of drug-likeness (QED) is 0.517. The number of nitrogens with zero attached hydrogens (tertiary/aromatic N) is 2. The van der Waals surface area contributed by atoms with Gasteiger partial charge in [-0.05, 0) is 59.4 Å². The number of rotatable bonds is 6. The Balaban J connectivity index is 1.50. The van der Waals surface area contributed by atoms with Gasteiger partial charge in [-0.3, -0.25) is 4.79 Å². The number of ether oxygens (including phenoxy) is 1. The molecule has 32 heavy (non-hydrogen) atoms. The first-order chi connectivity index (χ1) is 15.5. The molecule has 0 aliphatic carbocycles. The maximum atomic E-state index is 12.8. The summed E-state index contributed by atoms with van der Waals surface area (Å²) in [6.07, 6.45) is 2.32. The molecule has 1 aliphatic rings. The Labute approximate surface area is 193 Å². The van der Waals surface area contributed by atoms with Gasteiger partial charge in [0, 0.05) is 25.2 Å². The largest absolute Gasteiger partial charge is 0.457 e. The minimum atomic E-state index is -0.0973. The molecule has 1 saturated heterocycles. The van der Waals surface area contributed by atoms with Gasteiger partial charge in [-0.1, -0.05) is 49.7 Å². The molecule has 0 radical (unpaired) electrons. The van der Waals surface area contributed by atoms with Crippen molar-refractivity contribution < 1.29 is 14.6 Å². The van der Waals surface area contributed by atoms with E-state index in [1.54, 1.807) is 12.1 Å². The van der Waals surface area contributed by atoms with Crippen LogP contribution in [-0.2, 0) is 6.61 Å². The molecular weight excluding hydrogens is 424 g/mol. The summed E-state index contributed by atoms with van der Waals surface area (Å²) in [6, 6.07) is 17.2. The highest BCUT2D eigenvalue weighted by Crippen LogP contribution is 2.35. The van der Waals surface area contributed by atoms with Gasteiger partial charge >= 0.3 is 0 Å². The van der Waals surface area contributed by atoms with Gasteiger partial charge < -0.3 is 14.7 Å². The molecule has 2 aromatic carbocycles. The van der Waals surface area contributed by atoms with E-state index >= 15 is 0 Å². The normalized spacial score (nSPS) is 15.9. The van der Waals surface area contributed by atoms with Gasteiger partial charge in [0.05, 0.1) is 11.6 Å². The summed E-state index contributed by atoms with van der Waals surface area (Å²) in [5.74, 6) is 1.93. The lowest BCUT2D eigenvalue weighted by molar-refractivity contribution is 0.0785. The average molecular weight is 451 g/mol. The second-order valence-electron chi connectivity index (χ2n) is 8.41. The fourth-order valence-electron chi connectivity index (χ4n) is 4.22. The highest BCUT2D eigenvalue weighted by molar-refractivity contribution is 6.30. The molecular formula is C26H27ClN2O3. The second-order valence-corrected chi connectivity index (χ2v) is 8.85. The molecule has 1 aliphatic heterocycles. The summed E-state index contributed by atoms with van der Waals surface area (Å²) < 4.78 is 6.16. The Bertz CT molecular complexity index is 1100. The molecule has 1 amide bonds. The van der Waals surface area contributed by atoms with Crippen LogP contribution in [0.5, 0.6) is 11.5 Å². The molecule has 1 atom stereocenters. The Kier molecular flexibility index (Phi) is 6.77. The standard InChI is InChI=1S/C26H27ClN2O3/c1-17(2)22-5-3-4-6-25(22)32-21-8-9-23(19(13-21)16-30)18-11-12-29(15-18)26(31)24-10-7-20(27)14-28-24/h3-10,13-14,17-18,30H,11-12,15-16H2,1-2H3/t18-/m1/s1. The van der Waals surface area contributed by atoms with Gasteiger partial charge in [0.1, 0.15) is 17.2 Å². The molecule has 4 rings (SSSR count). The third-order valence-corrected chi connectivity index (χ3v) is 6.14. The first kappa shape index (κ1) is 22.3. The summed E-state index contributed by atoms with van der Waals surface area (Å²) in [4.78, 5) is 18.7. The first-order valence-corrected chi connectivity index (χ1v) is 11.3. The number of halogens is 1. The van der Waals surface area contributed by atoms with Crippen molar-refractivity contribution in [1.29, 1.82) is 0 Å². The molecule has 0 bridgehead atoms. The van der Waals surface area contributed by atoms with Crippen LogP contribution in [0.4, 0.5) is 0 Å². The maximum Gasteiger partial charge on any atom is 0.272 e. The molecule has 6 heteroatoms. The van der Waals surface area contributed by atoms with Crippen LogP contribution in [-0.4, -0.2) is 34.0 Å². The van der Waals surface area contributed by atoms with Gasteiger partial charge in [-0.2, -0.15) is 0 Å². The Morgan fingerprint density at radius 2 is 2.03 bits per heavy atom. The molecule has 166 valence electrons. The first-order valence-electron chi connectivity index (χ1n) is 10.9. The highest BCUT2D eigenvalue weighted by atomic mass is 35.5. The van der Waals surface area contributed by atoms with Crippen LogP contribution < -0.4 is 4.74 Å². The number of aliphatic hydroxyl groups excluding tert-OH is 1. The zero-order valence-corrected chi connectivity index (χ0v) is 19.0. The zero-order valence-electron chi connectivity index (χ0n) is 18.3. The number of pyridine rings is 1. The molecule has 0 spiro atoms. The predicted molar refractivity (Wildman–Crippen MR) is 125 cm³/mol. The molecule has 1 aromatic heterocycles. The third-order valence-electron chi connectivity index (χ3n) is 5.92. The van der Waals surface area contributed by atoms with Crippen molar-refractivity contribution in [3.8, 4) is 11.5 Å². The number of aromatic nitrogens is 1. The van der Waals surface area contributed by atoms with Crippen LogP contribution in [0.25, 0.3) is 0 Å². The zero-order chi connectivity index (χ0) is 22.7. The van der Waals surface area contributed by atoms with E-state index in [0.717, 1.165) is 28.9 Å². The van der Waals surface area contributed by atoms with Crippen molar-refractivity contribution in [3.63, 3.8) is 0 Å². The lowest BCUT2D eigenvalue weighted by atomic mass is 9.93. The molecule has 1 N–H and O–H groups in total. The number of amides is 1. The molecule has 1 fully saturated rings. The molecule has 5 nitrogen and oxygen atoms in total. The van der Waals surface area contributed by atoms with E-state index in [2.05, 4.69) is 24.9 Å². The van der Waals surface area contributed by atoms with Crippen molar-refractivity contribution in [2.24, 2.45) is 0 Å². The van der Waals surface area contributed by atoms with E-state index in [1.165, 1.54) is 6.20 Å². The number of carbonyl (C=O) groups excluding carboxylic acids is 1. The fraction of sp³-hybridized carbons (Fsp3) is 0.308. The van der Waals surface area contributed by atoms with E-state index in [1.807, 2.05) is 41.3 Å². The Morgan fingerprint density at radius 1 is 1.22 bits per heavy atom. The summed E-state index contributed by atoms with van der Waals surface area (Å²) >= 11 is 5.88. The Hall–Kier alpha value is -2.89. The molecule has 0 unspecified atom stereocenters. The van der Waals surface area contributed by atoms with E-state index in [0.29, 0.717) is 35.5 Å². The van der Waals surface area contributed by atoms with Crippen LogP contribution in [0.3, 0.4) is 0 Å². The van der Waals surface area contributed by atoms with Crippen LogP contribution in [0.1, 0.15) is 59.3 Å². The summed E-state index contributed by atoms with van der Waals surface area (Å²) in [5, 5.41) is 10.5. The van der Waals surface area contributed by atoms with Crippen molar-refractivity contribution in [1.82, 2.24) is 9.88 Å². The minimum Gasteiger partial charge on any atom is -0.457 e. The number of hydrogen-bond donors (Lipinski definition) is 1. The van der Waals surface area contributed by atoms with Crippen LogP contribution in [0.15, 0.2) is 60.8 Å². The lowest BCUT2D eigenvalue weighted by Gasteiger charge is -2.19. The molecule has 3 aromatic rings. The van der Waals surface area contributed by atoms with Crippen LogP contribution in [0.2, 0.25) is 5.02 Å². The number of aliphatic hydroxyl groups is 1. The summed E-state index contributed by atoms with van der Waals surface area (Å²) in [5.41, 5.74) is 3.41. The summed E-state index contributed by atoms with van der Waals surface area (Å²) in [6.45, 7) is 5.43. The summed E-state index contributed by atoms with van der Waals surface area (Å²) in [7, 11) is 0. The van der Waals surface area contributed by atoms with Gasteiger partial charge in [0.25, 0.3) is 5.91 Å². The highest BCUT2D eigenvalue weighted by Gasteiger charge is 2.30. The van der Waals surface area contributed by atoms with E-state index in [9.17, 15) is 9.90 Å². The monoisotopic (exact) mass is 450 g/mol. The van der Waals surface area contributed by atoms with Crippen LogP contribution >= 0.6 is 11.6 Å². The van der Waals surface area contributed by atoms with Crippen molar-refractivity contribution in [2.75, 3.05) is 13.1 Å². The third kappa shape index (κ3) is 4.79. The number of hydrogen-bond acceptors (Lipinski definition) is 4. The van der Waals surface area contributed by atoms with Crippen molar-refractivity contribution >= 4 is 17.5 Å². The van der Waals surface area contributed by atoms with E-state index in [4.69, 9.17) is 16.3 Å². The number of carbonyl (C=O) groups is 1.